The first kappa shape index (κ1) is 31.7. The van der Waals surface area contributed by atoms with E-state index < -0.39 is 17.4 Å². The minimum atomic E-state index is -0.590. The van der Waals surface area contributed by atoms with Crippen LogP contribution in [-0.2, 0) is 28.5 Å². The number of ether oxygens (including phenoxy) is 7. The number of rotatable bonds is 9. The van der Waals surface area contributed by atoms with Gasteiger partial charge in [-0.3, -0.25) is 4.79 Å². The number of hydrogen-bond donors (Lipinski definition) is 0. The summed E-state index contributed by atoms with van der Waals surface area (Å²) in [6.07, 6.45) is 3.16. The van der Waals surface area contributed by atoms with E-state index in [-0.39, 0.29) is 56.8 Å². The molecule has 0 aliphatic carbocycles. The molecule has 2 aliphatic heterocycles. The number of methoxy groups -OCH3 is 5. The Morgan fingerprint density at radius 2 is 1.08 bits per heavy atom. The van der Waals surface area contributed by atoms with Crippen molar-refractivity contribution in [2.24, 2.45) is 0 Å². The predicted molar refractivity (Wildman–Crippen MR) is 179 cm³/mol. The first-order valence-electron chi connectivity index (χ1n) is 14.7. The fraction of sp³-hybridized carbons (Fsp3) is 0.132. The highest BCUT2D eigenvalue weighted by molar-refractivity contribution is 6.22. The van der Waals surface area contributed by atoms with E-state index in [1.165, 1.54) is 41.6 Å². The Bertz CT molecular complexity index is 2140. The average Bonchev–Trinajstić information content (AvgIpc) is 3.55. The number of carbonyl (C=O) groups excluding carboxylic acids is 2. The Kier molecular flexibility index (Phi) is 8.72. The highest BCUT2D eigenvalue weighted by atomic mass is 16.6. The zero-order chi connectivity index (χ0) is 33.9. The number of carbonyl (C=O) groups is 2. The normalized spacial score (nSPS) is 16.0. The van der Waals surface area contributed by atoms with Gasteiger partial charge >= 0.3 is 11.9 Å². The minimum absolute atomic E-state index is 0.0197. The first-order chi connectivity index (χ1) is 23.3. The van der Waals surface area contributed by atoms with E-state index in [0.29, 0.717) is 27.6 Å². The van der Waals surface area contributed by atoms with Crippen molar-refractivity contribution < 1.29 is 42.7 Å². The second-order valence-electron chi connectivity index (χ2n) is 10.5. The molecular weight excluding hydrogens is 616 g/mol. The SMILES string of the molecule is COC1=C(c2ccccc2)C(=O)O/C1=C\c1cc(OC)c(=O)c2c(OC)c(OC)cc(/C=C3\OC(=O)C(c4ccccc4)=C3OC)c2c1. The molecule has 4 aromatic carbocycles. The molecule has 0 bridgehead atoms. The molecule has 0 amide bonds. The van der Waals surface area contributed by atoms with Crippen LogP contribution in [0.2, 0.25) is 0 Å². The van der Waals surface area contributed by atoms with Crippen LogP contribution in [0.25, 0.3) is 34.1 Å². The van der Waals surface area contributed by atoms with E-state index in [0.717, 1.165) is 0 Å². The fourth-order valence-electron chi connectivity index (χ4n) is 5.73. The van der Waals surface area contributed by atoms with Gasteiger partial charge in [0.15, 0.2) is 40.3 Å². The van der Waals surface area contributed by atoms with Gasteiger partial charge in [0.25, 0.3) is 0 Å². The zero-order valence-electron chi connectivity index (χ0n) is 26.7. The predicted octanol–water partition coefficient (Wildman–Crippen LogP) is 6.14. The summed E-state index contributed by atoms with van der Waals surface area (Å²) in [4.78, 5) is 40.2. The second kappa shape index (κ2) is 13.2. The van der Waals surface area contributed by atoms with E-state index in [4.69, 9.17) is 33.2 Å². The van der Waals surface area contributed by atoms with Crippen LogP contribution in [0, 0.1) is 0 Å². The third kappa shape index (κ3) is 5.53. The summed E-state index contributed by atoms with van der Waals surface area (Å²) in [5.74, 6) is -0.0665. The van der Waals surface area contributed by atoms with Gasteiger partial charge in [-0.05, 0) is 58.0 Å². The molecule has 0 unspecified atom stereocenters. The number of benzene rings is 3. The molecule has 0 saturated carbocycles. The van der Waals surface area contributed by atoms with Gasteiger partial charge in [0.1, 0.15) is 11.1 Å². The maximum absolute atomic E-state index is 14.1. The van der Waals surface area contributed by atoms with E-state index >= 15 is 0 Å². The monoisotopic (exact) mass is 646 g/mol. The first-order valence-corrected chi connectivity index (χ1v) is 14.7. The molecule has 2 heterocycles. The molecule has 0 aromatic heterocycles. The molecule has 0 atom stereocenters. The largest absolute Gasteiger partial charge is 0.493 e. The van der Waals surface area contributed by atoms with Crippen molar-refractivity contribution in [2.75, 3.05) is 35.5 Å². The Morgan fingerprint density at radius 3 is 1.56 bits per heavy atom. The van der Waals surface area contributed by atoms with Gasteiger partial charge in [-0.15, -0.1) is 0 Å². The summed E-state index contributed by atoms with van der Waals surface area (Å²) >= 11 is 0. The molecule has 0 spiro atoms. The summed E-state index contributed by atoms with van der Waals surface area (Å²) < 4.78 is 39.5. The quantitative estimate of drug-likeness (QED) is 0.197. The number of cyclic esters (lactones) is 2. The van der Waals surface area contributed by atoms with Gasteiger partial charge < -0.3 is 33.2 Å². The van der Waals surface area contributed by atoms with Crippen molar-refractivity contribution in [3.05, 3.63) is 134 Å². The molecule has 10 heteroatoms. The molecule has 10 nitrogen and oxygen atoms in total. The Hall–Kier alpha value is -6.29. The van der Waals surface area contributed by atoms with E-state index in [1.54, 1.807) is 72.8 Å². The van der Waals surface area contributed by atoms with Gasteiger partial charge in [0.05, 0.1) is 40.9 Å². The summed E-state index contributed by atoms with van der Waals surface area (Å²) in [7, 11) is 7.13. The molecule has 242 valence electrons. The van der Waals surface area contributed by atoms with Crippen LogP contribution < -0.4 is 19.6 Å². The summed E-state index contributed by atoms with van der Waals surface area (Å²) in [6, 6.07) is 22.9. The van der Waals surface area contributed by atoms with Crippen LogP contribution in [0.1, 0.15) is 22.3 Å². The van der Waals surface area contributed by atoms with Crippen molar-refractivity contribution in [1.82, 2.24) is 0 Å². The van der Waals surface area contributed by atoms with Crippen molar-refractivity contribution in [1.29, 1.82) is 0 Å². The Labute approximate surface area is 275 Å². The van der Waals surface area contributed by atoms with Gasteiger partial charge in [0, 0.05) is 0 Å². The second-order valence-corrected chi connectivity index (χ2v) is 10.5. The lowest BCUT2D eigenvalue weighted by molar-refractivity contribution is -0.132. The van der Waals surface area contributed by atoms with Gasteiger partial charge in [-0.25, -0.2) is 9.59 Å². The van der Waals surface area contributed by atoms with E-state index in [9.17, 15) is 14.4 Å². The lowest BCUT2D eigenvalue weighted by Gasteiger charge is -2.12. The van der Waals surface area contributed by atoms with Gasteiger partial charge in [-0.1, -0.05) is 60.7 Å². The molecule has 0 N–H and O–H groups in total. The molecule has 0 saturated heterocycles. The lowest BCUT2D eigenvalue weighted by Crippen LogP contribution is -2.06. The van der Waals surface area contributed by atoms with E-state index in [2.05, 4.69) is 0 Å². The van der Waals surface area contributed by atoms with E-state index in [1.807, 2.05) is 12.1 Å². The van der Waals surface area contributed by atoms with Crippen LogP contribution in [0.5, 0.6) is 17.2 Å². The molecule has 0 fully saturated rings. The molecule has 0 radical (unpaired) electrons. The highest BCUT2D eigenvalue weighted by Crippen LogP contribution is 2.41. The third-order valence-corrected chi connectivity index (χ3v) is 7.85. The Morgan fingerprint density at radius 1 is 0.562 bits per heavy atom. The highest BCUT2D eigenvalue weighted by Gasteiger charge is 2.34. The smallest absolute Gasteiger partial charge is 0.348 e. The van der Waals surface area contributed by atoms with Crippen LogP contribution in [0.3, 0.4) is 0 Å². The van der Waals surface area contributed by atoms with Crippen LogP contribution >= 0.6 is 0 Å². The van der Waals surface area contributed by atoms with Crippen LogP contribution in [0.4, 0.5) is 0 Å². The maximum atomic E-state index is 14.1. The molecular formula is C38H30O10. The Balaban J connectivity index is 1.63. The average molecular weight is 647 g/mol. The van der Waals surface area contributed by atoms with Crippen LogP contribution in [-0.4, -0.2) is 47.5 Å². The van der Waals surface area contributed by atoms with Crippen molar-refractivity contribution in [3.8, 4) is 17.2 Å². The van der Waals surface area contributed by atoms with Crippen molar-refractivity contribution >= 4 is 46.0 Å². The number of fused-ring (bicyclic) bond motifs is 1. The minimum Gasteiger partial charge on any atom is -0.493 e. The van der Waals surface area contributed by atoms with Gasteiger partial charge in [0.2, 0.25) is 5.43 Å². The van der Waals surface area contributed by atoms with Gasteiger partial charge in [-0.2, -0.15) is 0 Å². The summed E-state index contributed by atoms with van der Waals surface area (Å²) in [5.41, 5.74) is 2.12. The number of hydrogen-bond acceptors (Lipinski definition) is 10. The summed E-state index contributed by atoms with van der Waals surface area (Å²) in [6.45, 7) is 0. The summed E-state index contributed by atoms with van der Waals surface area (Å²) in [5, 5.41) is 0.521. The standard InChI is InChI=1S/C38H30O10/c1-42-26-17-21(18-28-35(45-4)30(37(40)47-28)22-12-8-6-9-13-22)16-25-24(19-27(43-2)34(44-3)32(25)33(26)39)20-29-36(46-5)31(38(41)48-29)23-14-10-7-11-15-23/h6-20H,1-5H3/b28-18-,29-20-. The third-order valence-electron chi connectivity index (χ3n) is 7.85. The maximum Gasteiger partial charge on any atom is 0.348 e. The van der Waals surface area contributed by atoms with Crippen molar-refractivity contribution in [3.63, 3.8) is 0 Å². The molecule has 2 aliphatic rings. The topological polar surface area (TPSA) is 116 Å². The molecule has 4 aromatic rings. The zero-order valence-corrected chi connectivity index (χ0v) is 26.7. The molecule has 48 heavy (non-hydrogen) atoms. The van der Waals surface area contributed by atoms with Crippen LogP contribution in [0.15, 0.2) is 107 Å². The van der Waals surface area contributed by atoms with Crippen molar-refractivity contribution in [2.45, 2.75) is 0 Å². The number of esters is 2. The molecule has 6 rings (SSSR count). The fourth-order valence-corrected chi connectivity index (χ4v) is 5.73. The lowest BCUT2D eigenvalue weighted by atomic mass is 10.0.